The number of benzene rings is 1. The molecule has 1 heterocycles. The van der Waals surface area contributed by atoms with Gasteiger partial charge in [-0.3, -0.25) is 4.68 Å². The Bertz CT molecular complexity index is 555. The summed E-state index contributed by atoms with van der Waals surface area (Å²) in [7, 11) is 0. The van der Waals surface area contributed by atoms with Crippen LogP contribution in [0.15, 0.2) is 30.5 Å². The molecule has 1 aromatic heterocycles. The first-order valence-electron chi connectivity index (χ1n) is 6.71. The Morgan fingerprint density at radius 1 is 1.32 bits per heavy atom. The fourth-order valence-electron chi connectivity index (χ4n) is 2.13. The first kappa shape index (κ1) is 12.4. The molecular formula is C15H18FN3. The van der Waals surface area contributed by atoms with Crippen LogP contribution in [-0.4, -0.2) is 15.8 Å². The zero-order valence-corrected chi connectivity index (χ0v) is 11.1. The lowest BCUT2D eigenvalue weighted by atomic mass is 10.2. The van der Waals surface area contributed by atoms with Crippen molar-refractivity contribution in [2.24, 2.45) is 0 Å². The van der Waals surface area contributed by atoms with Crippen molar-refractivity contribution in [1.29, 1.82) is 0 Å². The van der Waals surface area contributed by atoms with Crippen LogP contribution in [0.25, 0.3) is 0 Å². The number of nitrogens with one attached hydrogen (secondary N) is 1. The Morgan fingerprint density at radius 3 is 2.74 bits per heavy atom. The third-order valence-corrected chi connectivity index (χ3v) is 3.46. The second-order valence-electron chi connectivity index (χ2n) is 5.22. The summed E-state index contributed by atoms with van der Waals surface area (Å²) in [5.74, 6) is -0.199. The minimum Gasteiger partial charge on any atom is -0.310 e. The van der Waals surface area contributed by atoms with E-state index >= 15 is 0 Å². The van der Waals surface area contributed by atoms with Crippen molar-refractivity contribution >= 4 is 0 Å². The number of halogens is 1. The van der Waals surface area contributed by atoms with E-state index in [9.17, 15) is 4.39 Å². The maximum atomic E-state index is 12.8. The number of rotatable bonds is 5. The molecule has 1 aromatic carbocycles. The number of nitrogens with zero attached hydrogens (tertiary/aromatic N) is 2. The van der Waals surface area contributed by atoms with Gasteiger partial charge in [0.15, 0.2) is 0 Å². The van der Waals surface area contributed by atoms with Crippen LogP contribution in [0.3, 0.4) is 0 Å². The topological polar surface area (TPSA) is 29.9 Å². The lowest BCUT2D eigenvalue weighted by molar-refractivity contribution is 0.624. The second kappa shape index (κ2) is 5.13. The van der Waals surface area contributed by atoms with Gasteiger partial charge in [-0.1, -0.05) is 12.1 Å². The Balaban J connectivity index is 1.66. The zero-order chi connectivity index (χ0) is 13.2. The highest BCUT2D eigenvalue weighted by Gasteiger charge is 2.20. The molecular weight excluding hydrogens is 241 g/mol. The van der Waals surface area contributed by atoms with Gasteiger partial charge in [-0.25, -0.2) is 4.39 Å². The number of hydrogen-bond donors (Lipinski definition) is 1. The smallest absolute Gasteiger partial charge is 0.123 e. The minimum atomic E-state index is -0.199. The van der Waals surface area contributed by atoms with E-state index in [1.54, 1.807) is 12.1 Å². The van der Waals surface area contributed by atoms with Crippen molar-refractivity contribution in [1.82, 2.24) is 15.1 Å². The molecule has 1 N–H and O–H groups in total. The Labute approximate surface area is 112 Å². The molecule has 0 saturated heterocycles. The maximum Gasteiger partial charge on any atom is 0.123 e. The fourth-order valence-corrected chi connectivity index (χ4v) is 2.13. The summed E-state index contributed by atoms with van der Waals surface area (Å²) in [6, 6.07) is 7.28. The predicted molar refractivity (Wildman–Crippen MR) is 72.3 cm³/mol. The molecule has 100 valence electrons. The van der Waals surface area contributed by atoms with Gasteiger partial charge in [-0.15, -0.1) is 0 Å². The van der Waals surface area contributed by atoms with Crippen molar-refractivity contribution in [2.45, 2.75) is 38.9 Å². The Kier molecular flexibility index (Phi) is 3.34. The van der Waals surface area contributed by atoms with Crippen LogP contribution in [0, 0.1) is 12.7 Å². The molecule has 3 nitrogen and oxygen atoms in total. The van der Waals surface area contributed by atoms with Crippen molar-refractivity contribution in [2.75, 3.05) is 0 Å². The molecule has 1 saturated carbocycles. The molecule has 2 aromatic rings. The van der Waals surface area contributed by atoms with Crippen molar-refractivity contribution in [3.8, 4) is 0 Å². The largest absolute Gasteiger partial charge is 0.310 e. The van der Waals surface area contributed by atoms with E-state index < -0.39 is 0 Å². The van der Waals surface area contributed by atoms with Crippen LogP contribution >= 0.6 is 0 Å². The van der Waals surface area contributed by atoms with Gasteiger partial charge < -0.3 is 5.32 Å². The van der Waals surface area contributed by atoms with E-state index in [2.05, 4.69) is 16.6 Å². The predicted octanol–water partition coefficient (Wildman–Crippen LogP) is 2.63. The van der Waals surface area contributed by atoms with Gasteiger partial charge in [0.25, 0.3) is 0 Å². The highest BCUT2D eigenvalue weighted by molar-refractivity contribution is 5.19. The molecule has 0 aliphatic heterocycles. The molecule has 0 unspecified atom stereocenters. The summed E-state index contributed by atoms with van der Waals surface area (Å²) in [5, 5.41) is 8.01. The maximum absolute atomic E-state index is 12.8. The number of aryl methyl sites for hydroxylation is 1. The number of hydrogen-bond acceptors (Lipinski definition) is 2. The summed E-state index contributed by atoms with van der Waals surface area (Å²) < 4.78 is 14.8. The average Bonchev–Trinajstić information content (AvgIpc) is 3.15. The molecule has 0 amide bonds. The summed E-state index contributed by atoms with van der Waals surface area (Å²) in [6.45, 7) is 3.61. The van der Waals surface area contributed by atoms with E-state index in [1.165, 1.54) is 30.5 Å². The van der Waals surface area contributed by atoms with Crippen molar-refractivity contribution in [3.05, 3.63) is 53.1 Å². The Morgan fingerprint density at radius 2 is 2.05 bits per heavy atom. The van der Waals surface area contributed by atoms with Crippen LogP contribution in [0.1, 0.15) is 29.7 Å². The SMILES string of the molecule is Cc1nn(Cc2ccc(F)cc2)cc1CNC1CC1. The monoisotopic (exact) mass is 259 g/mol. The summed E-state index contributed by atoms with van der Waals surface area (Å²) in [6.07, 6.45) is 4.67. The summed E-state index contributed by atoms with van der Waals surface area (Å²) >= 11 is 0. The molecule has 3 rings (SSSR count). The third kappa shape index (κ3) is 3.20. The molecule has 0 spiro atoms. The lowest BCUT2D eigenvalue weighted by Gasteiger charge is -2.01. The van der Waals surface area contributed by atoms with Gasteiger partial charge in [-0.05, 0) is 37.5 Å². The molecule has 0 atom stereocenters. The fraction of sp³-hybridized carbons (Fsp3) is 0.400. The third-order valence-electron chi connectivity index (χ3n) is 3.46. The van der Waals surface area contributed by atoms with Crippen LogP contribution < -0.4 is 5.32 Å². The quantitative estimate of drug-likeness (QED) is 0.894. The van der Waals surface area contributed by atoms with Gasteiger partial charge >= 0.3 is 0 Å². The van der Waals surface area contributed by atoms with Crippen molar-refractivity contribution in [3.63, 3.8) is 0 Å². The van der Waals surface area contributed by atoms with E-state index in [0.29, 0.717) is 12.6 Å². The van der Waals surface area contributed by atoms with E-state index in [1.807, 2.05) is 11.6 Å². The molecule has 4 heteroatoms. The van der Waals surface area contributed by atoms with Crippen LogP contribution in [0.4, 0.5) is 4.39 Å². The molecule has 0 bridgehead atoms. The first-order valence-corrected chi connectivity index (χ1v) is 6.71. The average molecular weight is 259 g/mol. The van der Waals surface area contributed by atoms with Crippen LogP contribution in [-0.2, 0) is 13.1 Å². The van der Waals surface area contributed by atoms with Crippen LogP contribution in [0.5, 0.6) is 0 Å². The summed E-state index contributed by atoms with van der Waals surface area (Å²) in [4.78, 5) is 0. The lowest BCUT2D eigenvalue weighted by Crippen LogP contribution is -2.15. The molecule has 0 radical (unpaired) electrons. The summed E-state index contributed by atoms with van der Waals surface area (Å²) in [5.41, 5.74) is 3.37. The van der Waals surface area contributed by atoms with Gasteiger partial charge in [0.05, 0.1) is 12.2 Å². The number of aromatic nitrogens is 2. The molecule has 1 aliphatic rings. The van der Waals surface area contributed by atoms with E-state index in [4.69, 9.17) is 0 Å². The highest BCUT2D eigenvalue weighted by atomic mass is 19.1. The second-order valence-corrected chi connectivity index (χ2v) is 5.22. The van der Waals surface area contributed by atoms with Gasteiger partial charge in [0.2, 0.25) is 0 Å². The van der Waals surface area contributed by atoms with E-state index in [-0.39, 0.29) is 5.82 Å². The van der Waals surface area contributed by atoms with Gasteiger partial charge in [0.1, 0.15) is 5.82 Å². The van der Waals surface area contributed by atoms with Gasteiger partial charge in [0, 0.05) is 24.3 Å². The highest BCUT2D eigenvalue weighted by Crippen LogP contribution is 2.19. The van der Waals surface area contributed by atoms with Crippen LogP contribution in [0.2, 0.25) is 0 Å². The normalized spacial score (nSPS) is 14.8. The zero-order valence-electron chi connectivity index (χ0n) is 11.1. The Hall–Kier alpha value is -1.68. The molecule has 19 heavy (non-hydrogen) atoms. The minimum absolute atomic E-state index is 0.199. The van der Waals surface area contributed by atoms with Gasteiger partial charge in [-0.2, -0.15) is 5.10 Å². The molecule has 1 fully saturated rings. The van der Waals surface area contributed by atoms with Crippen molar-refractivity contribution < 1.29 is 4.39 Å². The molecule has 1 aliphatic carbocycles. The standard InChI is InChI=1S/C15H18FN3/c1-11-13(8-17-15-6-7-15)10-19(18-11)9-12-2-4-14(16)5-3-12/h2-5,10,15,17H,6-9H2,1H3. The first-order chi connectivity index (χ1) is 9.20. The van der Waals surface area contributed by atoms with E-state index in [0.717, 1.165) is 17.8 Å².